The van der Waals surface area contributed by atoms with Crippen molar-refractivity contribution in [3.05, 3.63) is 59.7 Å². The third-order valence-electron chi connectivity index (χ3n) is 3.58. The molecule has 0 bridgehead atoms. The molecule has 25 heavy (non-hydrogen) atoms. The number of carbonyl (C=O) groups excluding carboxylic acids is 2. The van der Waals surface area contributed by atoms with Gasteiger partial charge in [0.2, 0.25) is 0 Å². The molecule has 0 aliphatic rings. The molecule has 0 aliphatic carbocycles. The summed E-state index contributed by atoms with van der Waals surface area (Å²) in [7, 11) is 0. The highest BCUT2D eigenvalue weighted by molar-refractivity contribution is 5.89. The molecule has 0 amide bonds. The number of carbonyl (C=O) groups is 2. The molecule has 5 nitrogen and oxygen atoms in total. The number of rotatable bonds is 10. The van der Waals surface area contributed by atoms with Crippen LogP contribution >= 0.6 is 0 Å². The second-order valence-corrected chi connectivity index (χ2v) is 5.53. The van der Waals surface area contributed by atoms with Crippen LogP contribution in [0.3, 0.4) is 0 Å². The summed E-state index contributed by atoms with van der Waals surface area (Å²) < 4.78 is 10.7. The summed E-state index contributed by atoms with van der Waals surface area (Å²) in [5.74, 6) is 0.254. The second kappa shape index (κ2) is 10.1. The number of anilines is 1. The van der Waals surface area contributed by atoms with Gasteiger partial charge in [0.1, 0.15) is 25.2 Å². The van der Waals surface area contributed by atoms with Crippen molar-refractivity contribution in [3.63, 3.8) is 0 Å². The van der Waals surface area contributed by atoms with E-state index in [0.29, 0.717) is 16.9 Å². The number of ether oxygens (including phenoxy) is 2. The molecule has 0 aliphatic heterocycles. The van der Waals surface area contributed by atoms with Crippen LogP contribution in [0.5, 0.6) is 5.75 Å². The van der Waals surface area contributed by atoms with E-state index in [2.05, 4.69) is 12.2 Å². The second-order valence-electron chi connectivity index (χ2n) is 5.53. The molecule has 0 aromatic heterocycles. The van der Waals surface area contributed by atoms with Gasteiger partial charge in [0.25, 0.3) is 0 Å². The third kappa shape index (κ3) is 6.30. The van der Waals surface area contributed by atoms with Gasteiger partial charge < -0.3 is 14.8 Å². The lowest BCUT2D eigenvalue weighted by atomic mass is 10.2. The van der Waals surface area contributed by atoms with Crippen molar-refractivity contribution in [2.75, 3.05) is 25.1 Å². The molecule has 0 fully saturated rings. The molecule has 0 heterocycles. The van der Waals surface area contributed by atoms with Crippen LogP contribution in [0.2, 0.25) is 0 Å². The number of benzene rings is 2. The summed E-state index contributed by atoms with van der Waals surface area (Å²) in [5.41, 5.74) is 2.09. The van der Waals surface area contributed by atoms with Gasteiger partial charge in [-0.3, -0.25) is 4.79 Å². The smallest absolute Gasteiger partial charge is 0.338 e. The van der Waals surface area contributed by atoms with Crippen LogP contribution in [0.4, 0.5) is 5.69 Å². The molecule has 5 heteroatoms. The summed E-state index contributed by atoms with van der Waals surface area (Å²) in [6.45, 7) is 3.48. The first kappa shape index (κ1) is 18.5. The fraction of sp³-hybridized carbons (Fsp3) is 0.300. The van der Waals surface area contributed by atoms with Crippen LogP contribution in [0.15, 0.2) is 48.5 Å². The molecular weight excluding hydrogens is 318 g/mol. The van der Waals surface area contributed by atoms with Crippen LogP contribution in [0, 0.1) is 0 Å². The Labute approximate surface area is 148 Å². The summed E-state index contributed by atoms with van der Waals surface area (Å²) in [5, 5.41) is 3.30. The lowest BCUT2D eigenvalue weighted by molar-refractivity contribution is 0.0450. The molecule has 0 saturated carbocycles. The highest BCUT2D eigenvalue weighted by atomic mass is 16.6. The lowest BCUT2D eigenvalue weighted by Crippen LogP contribution is -2.12. The Hall–Kier alpha value is -2.82. The van der Waals surface area contributed by atoms with Gasteiger partial charge in [-0.15, -0.1) is 0 Å². The highest BCUT2D eigenvalue weighted by Crippen LogP contribution is 2.12. The number of hydrogen-bond donors (Lipinski definition) is 1. The predicted molar refractivity (Wildman–Crippen MR) is 97.4 cm³/mol. The fourth-order valence-electron chi connectivity index (χ4n) is 2.15. The Bertz CT molecular complexity index is 665. The van der Waals surface area contributed by atoms with E-state index in [0.717, 1.165) is 31.4 Å². The molecule has 2 aromatic carbocycles. The molecule has 0 atom stereocenters. The van der Waals surface area contributed by atoms with E-state index in [4.69, 9.17) is 9.47 Å². The third-order valence-corrected chi connectivity index (χ3v) is 3.58. The van der Waals surface area contributed by atoms with Crippen molar-refractivity contribution >= 4 is 17.9 Å². The van der Waals surface area contributed by atoms with Gasteiger partial charge in [-0.25, -0.2) is 4.79 Å². The molecule has 2 aromatic rings. The molecule has 0 unspecified atom stereocenters. The van der Waals surface area contributed by atoms with Crippen molar-refractivity contribution in [1.82, 2.24) is 0 Å². The largest absolute Gasteiger partial charge is 0.490 e. The standard InChI is InChI=1S/C20H23NO4/c1-2-3-12-21-18-8-6-17(7-9-18)20(23)25-14-13-24-19-10-4-16(15-22)5-11-19/h4-11,15,21H,2-3,12-14H2,1H3. The highest BCUT2D eigenvalue weighted by Gasteiger charge is 2.07. The topological polar surface area (TPSA) is 64.6 Å². The van der Waals surface area contributed by atoms with Gasteiger partial charge in [-0.1, -0.05) is 13.3 Å². The zero-order valence-electron chi connectivity index (χ0n) is 14.4. The molecular formula is C20H23NO4. The van der Waals surface area contributed by atoms with Crippen molar-refractivity contribution in [1.29, 1.82) is 0 Å². The SMILES string of the molecule is CCCCNc1ccc(C(=O)OCCOc2ccc(C=O)cc2)cc1. The van der Waals surface area contributed by atoms with E-state index >= 15 is 0 Å². The Morgan fingerprint density at radius 3 is 2.40 bits per heavy atom. The number of hydrogen-bond acceptors (Lipinski definition) is 5. The van der Waals surface area contributed by atoms with Crippen LogP contribution in [-0.2, 0) is 4.74 Å². The molecule has 0 radical (unpaired) electrons. The van der Waals surface area contributed by atoms with E-state index < -0.39 is 0 Å². The zero-order chi connectivity index (χ0) is 17.9. The van der Waals surface area contributed by atoms with Crippen LogP contribution in [-0.4, -0.2) is 32.0 Å². The Morgan fingerprint density at radius 1 is 1.04 bits per heavy atom. The molecule has 0 spiro atoms. The minimum absolute atomic E-state index is 0.158. The van der Waals surface area contributed by atoms with Crippen molar-refractivity contribution in [3.8, 4) is 5.75 Å². The lowest BCUT2D eigenvalue weighted by Gasteiger charge is -2.09. The summed E-state index contributed by atoms with van der Waals surface area (Å²) in [6.07, 6.45) is 3.03. The van der Waals surface area contributed by atoms with E-state index in [1.807, 2.05) is 12.1 Å². The van der Waals surface area contributed by atoms with Gasteiger partial charge >= 0.3 is 5.97 Å². The van der Waals surface area contributed by atoms with Crippen molar-refractivity contribution < 1.29 is 19.1 Å². The Kier molecular flexibility index (Phi) is 7.50. The molecule has 0 saturated heterocycles. The van der Waals surface area contributed by atoms with Crippen LogP contribution in [0.1, 0.15) is 40.5 Å². The fourth-order valence-corrected chi connectivity index (χ4v) is 2.15. The Morgan fingerprint density at radius 2 is 1.76 bits per heavy atom. The van der Waals surface area contributed by atoms with Crippen LogP contribution in [0.25, 0.3) is 0 Å². The predicted octanol–water partition coefficient (Wildman–Crippen LogP) is 3.95. The van der Waals surface area contributed by atoms with Crippen molar-refractivity contribution in [2.24, 2.45) is 0 Å². The van der Waals surface area contributed by atoms with Gasteiger partial charge in [0.15, 0.2) is 0 Å². The summed E-state index contributed by atoms with van der Waals surface area (Å²) >= 11 is 0. The first-order valence-electron chi connectivity index (χ1n) is 8.42. The van der Waals surface area contributed by atoms with Crippen molar-refractivity contribution in [2.45, 2.75) is 19.8 Å². The van der Waals surface area contributed by atoms with E-state index in [1.54, 1.807) is 36.4 Å². The number of nitrogens with one attached hydrogen (secondary N) is 1. The van der Waals surface area contributed by atoms with Gasteiger partial charge in [0.05, 0.1) is 5.56 Å². The average molecular weight is 341 g/mol. The minimum Gasteiger partial charge on any atom is -0.490 e. The number of esters is 1. The summed E-state index contributed by atoms with van der Waals surface area (Å²) in [6, 6.07) is 14.0. The normalized spacial score (nSPS) is 10.1. The molecule has 1 N–H and O–H groups in total. The first-order chi connectivity index (χ1) is 12.2. The van der Waals surface area contributed by atoms with Gasteiger partial charge in [-0.2, -0.15) is 0 Å². The van der Waals surface area contributed by atoms with E-state index in [1.165, 1.54) is 0 Å². The number of unbranched alkanes of at least 4 members (excludes halogenated alkanes) is 1. The van der Waals surface area contributed by atoms with Gasteiger partial charge in [0, 0.05) is 17.8 Å². The monoisotopic (exact) mass is 341 g/mol. The maximum absolute atomic E-state index is 12.0. The maximum atomic E-state index is 12.0. The quantitative estimate of drug-likeness (QED) is 0.403. The van der Waals surface area contributed by atoms with Gasteiger partial charge in [-0.05, 0) is 55.0 Å². The summed E-state index contributed by atoms with van der Waals surface area (Å²) in [4.78, 5) is 22.5. The first-order valence-corrected chi connectivity index (χ1v) is 8.42. The van der Waals surface area contributed by atoms with E-state index in [9.17, 15) is 9.59 Å². The molecule has 2 rings (SSSR count). The average Bonchev–Trinajstić information content (AvgIpc) is 2.66. The number of aldehydes is 1. The minimum atomic E-state index is -0.375. The molecule has 132 valence electrons. The van der Waals surface area contributed by atoms with Crippen LogP contribution < -0.4 is 10.1 Å². The van der Waals surface area contributed by atoms with E-state index in [-0.39, 0.29) is 19.2 Å². The Balaban J connectivity index is 1.71. The maximum Gasteiger partial charge on any atom is 0.338 e. The zero-order valence-corrected chi connectivity index (χ0v) is 14.4.